The fourth-order valence-corrected chi connectivity index (χ4v) is 6.38. The van der Waals surface area contributed by atoms with Crippen molar-refractivity contribution >= 4 is 55.6 Å². The number of fused-ring (bicyclic) bond motifs is 2. The Hall–Kier alpha value is -3.34. The summed E-state index contributed by atoms with van der Waals surface area (Å²) >= 11 is 1.62. The van der Waals surface area contributed by atoms with Crippen LogP contribution >= 0.6 is 11.3 Å². The van der Waals surface area contributed by atoms with Crippen LogP contribution in [0.25, 0.3) is 26.8 Å². The van der Waals surface area contributed by atoms with E-state index < -0.39 is 0 Å². The van der Waals surface area contributed by atoms with Gasteiger partial charge in [-0.1, -0.05) is 6.08 Å². The van der Waals surface area contributed by atoms with Gasteiger partial charge in [-0.15, -0.1) is 11.3 Å². The second-order valence-corrected chi connectivity index (χ2v) is 11.8. The molecule has 38 heavy (non-hydrogen) atoms. The average molecular weight is 531 g/mol. The third-order valence-electron chi connectivity index (χ3n) is 7.79. The summed E-state index contributed by atoms with van der Waals surface area (Å²) in [5.41, 5.74) is 6.97. The lowest BCUT2D eigenvalue weighted by molar-refractivity contribution is -0.131. The third-order valence-corrected chi connectivity index (χ3v) is 8.58. The van der Waals surface area contributed by atoms with Crippen LogP contribution in [-0.2, 0) is 4.79 Å². The Labute approximate surface area is 226 Å². The van der Waals surface area contributed by atoms with Crippen molar-refractivity contribution in [2.75, 3.05) is 51.6 Å². The van der Waals surface area contributed by atoms with E-state index in [2.05, 4.69) is 74.2 Å². The maximum atomic E-state index is 13.0. The number of hydrogen-bond acceptors (Lipinski definition) is 8. The average Bonchev–Trinajstić information content (AvgIpc) is 3.55. The molecule has 1 fully saturated rings. The maximum Gasteiger partial charge on any atom is 0.224 e. The van der Waals surface area contributed by atoms with Crippen molar-refractivity contribution in [2.24, 2.45) is 0 Å². The predicted molar refractivity (Wildman–Crippen MR) is 154 cm³/mol. The van der Waals surface area contributed by atoms with E-state index in [1.165, 1.54) is 5.57 Å². The van der Waals surface area contributed by atoms with Gasteiger partial charge in [0.25, 0.3) is 0 Å². The molecule has 5 heterocycles. The molecule has 198 valence electrons. The number of carbonyl (C=O) groups is 1. The number of likely N-dealkylation sites (N-methyl/N-ethyl adjacent to an activating group) is 1. The number of aromatic nitrogens is 4. The van der Waals surface area contributed by atoms with Gasteiger partial charge in [0.05, 0.1) is 21.1 Å². The fraction of sp³-hybridized carbons (Fsp3) is 0.429. The van der Waals surface area contributed by atoms with Crippen molar-refractivity contribution in [2.45, 2.75) is 32.2 Å². The Morgan fingerprint density at radius 3 is 2.87 bits per heavy atom. The lowest BCUT2D eigenvalue weighted by Gasteiger charge is -2.46. The third kappa shape index (κ3) is 5.03. The Morgan fingerprint density at radius 1 is 1.16 bits per heavy atom. The summed E-state index contributed by atoms with van der Waals surface area (Å²) < 4.78 is 1.13. The quantitative estimate of drug-likeness (QED) is 0.383. The molecule has 2 aliphatic heterocycles. The number of benzene rings is 1. The van der Waals surface area contributed by atoms with Gasteiger partial charge in [-0.25, -0.2) is 15.0 Å². The molecule has 6 rings (SSSR count). The number of rotatable bonds is 6. The highest BCUT2D eigenvalue weighted by Crippen LogP contribution is 2.30. The second kappa shape index (κ2) is 10.1. The summed E-state index contributed by atoms with van der Waals surface area (Å²) in [5.74, 6) is 1.00. The minimum atomic E-state index is 0.0996. The first-order valence-electron chi connectivity index (χ1n) is 13.2. The number of thiazole rings is 1. The molecule has 0 spiro atoms. The molecule has 2 aliphatic rings. The first-order chi connectivity index (χ1) is 18.4. The first kappa shape index (κ1) is 25.0. The van der Waals surface area contributed by atoms with Gasteiger partial charge in [-0.2, -0.15) is 0 Å². The molecule has 0 atom stereocenters. The maximum absolute atomic E-state index is 13.0. The van der Waals surface area contributed by atoms with Crippen molar-refractivity contribution in [3.63, 3.8) is 0 Å². The van der Waals surface area contributed by atoms with Crippen LogP contribution in [0.5, 0.6) is 0 Å². The standard InChI is InChI=1S/C28H34N8OS/c1-28(2)16-34(3)12-13-36(28)11-8-25(37)35-9-6-19(7-10-35)23-15-21-26(29-17-30-27(21)33-23)32-20-4-5-22-24(14-20)38-18-31-22/h4-6,14-15,17-18H,7-13,16H2,1-3H3,(H2,29,30,32,33). The molecule has 0 radical (unpaired) electrons. The molecule has 0 saturated carbocycles. The minimum Gasteiger partial charge on any atom is -0.340 e. The number of hydrogen-bond donors (Lipinski definition) is 2. The monoisotopic (exact) mass is 530 g/mol. The molecular weight excluding hydrogens is 496 g/mol. The van der Waals surface area contributed by atoms with Gasteiger partial charge in [0.2, 0.25) is 5.91 Å². The smallest absolute Gasteiger partial charge is 0.224 e. The molecular formula is C28H34N8OS. The summed E-state index contributed by atoms with van der Waals surface area (Å²) in [4.78, 5) is 36.6. The topological polar surface area (TPSA) is 93.3 Å². The van der Waals surface area contributed by atoms with E-state index in [1.807, 2.05) is 22.5 Å². The molecule has 10 heteroatoms. The van der Waals surface area contributed by atoms with Gasteiger partial charge >= 0.3 is 0 Å². The first-order valence-corrected chi connectivity index (χ1v) is 14.1. The normalized spacial score (nSPS) is 18.7. The van der Waals surface area contributed by atoms with E-state index in [-0.39, 0.29) is 11.4 Å². The number of nitrogens with one attached hydrogen (secondary N) is 2. The zero-order valence-corrected chi connectivity index (χ0v) is 23.0. The molecule has 3 aromatic heterocycles. The summed E-state index contributed by atoms with van der Waals surface area (Å²) in [6.07, 6.45) is 5.13. The Morgan fingerprint density at radius 2 is 2.05 bits per heavy atom. The van der Waals surface area contributed by atoms with Gasteiger partial charge < -0.3 is 20.1 Å². The molecule has 4 aromatic rings. The lowest BCUT2D eigenvalue weighted by Crippen LogP contribution is -2.58. The minimum absolute atomic E-state index is 0.0996. The van der Waals surface area contributed by atoms with Crippen LogP contribution in [0.4, 0.5) is 11.5 Å². The zero-order chi connectivity index (χ0) is 26.3. The number of anilines is 2. The van der Waals surface area contributed by atoms with E-state index in [0.29, 0.717) is 13.0 Å². The van der Waals surface area contributed by atoms with Gasteiger partial charge in [-0.3, -0.25) is 9.69 Å². The predicted octanol–water partition coefficient (Wildman–Crippen LogP) is 4.34. The van der Waals surface area contributed by atoms with Gasteiger partial charge in [0, 0.05) is 62.6 Å². The van der Waals surface area contributed by atoms with Crippen LogP contribution in [0.2, 0.25) is 0 Å². The van der Waals surface area contributed by atoms with Gasteiger partial charge in [0.1, 0.15) is 17.8 Å². The van der Waals surface area contributed by atoms with Crippen molar-refractivity contribution in [1.29, 1.82) is 0 Å². The van der Waals surface area contributed by atoms with Crippen LogP contribution in [0.3, 0.4) is 0 Å². The van der Waals surface area contributed by atoms with Crippen molar-refractivity contribution in [3.05, 3.63) is 47.9 Å². The Bertz CT molecular complexity index is 1510. The van der Waals surface area contributed by atoms with E-state index in [1.54, 1.807) is 17.7 Å². The SMILES string of the molecule is CN1CCN(CCC(=O)N2CC=C(c3cc4c(Nc5ccc6ncsc6c5)ncnc4[nH]3)CC2)C(C)(C)C1. The molecule has 1 aromatic carbocycles. The highest BCUT2D eigenvalue weighted by molar-refractivity contribution is 7.16. The lowest BCUT2D eigenvalue weighted by atomic mass is 9.98. The molecule has 2 N–H and O–H groups in total. The zero-order valence-electron chi connectivity index (χ0n) is 22.2. The van der Waals surface area contributed by atoms with Gasteiger partial charge in [0.15, 0.2) is 0 Å². The van der Waals surface area contributed by atoms with Crippen molar-refractivity contribution in [3.8, 4) is 0 Å². The van der Waals surface area contributed by atoms with E-state index in [9.17, 15) is 4.79 Å². The summed E-state index contributed by atoms with van der Waals surface area (Å²) in [7, 11) is 2.17. The molecule has 0 unspecified atom stereocenters. The van der Waals surface area contributed by atoms with Crippen LogP contribution in [0, 0.1) is 0 Å². The van der Waals surface area contributed by atoms with Crippen LogP contribution in [0.15, 0.2) is 42.2 Å². The van der Waals surface area contributed by atoms with Crippen LogP contribution in [0.1, 0.15) is 32.4 Å². The second-order valence-electron chi connectivity index (χ2n) is 10.9. The Balaban J connectivity index is 1.11. The van der Waals surface area contributed by atoms with Crippen molar-refractivity contribution < 1.29 is 4.79 Å². The van der Waals surface area contributed by atoms with E-state index >= 15 is 0 Å². The number of aromatic amines is 1. The highest BCUT2D eigenvalue weighted by atomic mass is 32.1. The summed E-state index contributed by atoms with van der Waals surface area (Å²) in [6, 6.07) is 8.24. The van der Waals surface area contributed by atoms with E-state index in [4.69, 9.17) is 0 Å². The number of amides is 1. The largest absolute Gasteiger partial charge is 0.340 e. The van der Waals surface area contributed by atoms with Crippen LogP contribution < -0.4 is 5.32 Å². The van der Waals surface area contributed by atoms with Gasteiger partial charge in [-0.05, 0) is 57.2 Å². The highest BCUT2D eigenvalue weighted by Gasteiger charge is 2.32. The fourth-order valence-electron chi connectivity index (χ4n) is 5.66. The Kier molecular flexibility index (Phi) is 6.63. The van der Waals surface area contributed by atoms with Crippen molar-refractivity contribution in [1.82, 2.24) is 34.6 Å². The summed E-state index contributed by atoms with van der Waals surface area (Å²) in [5, 5.41) is 4.39. The van der Waals surface area contributed by atoms with E-state index in [0.717, 1.165) is 77.6 Å². The molecule has 0 aliphatic carbocycles. The number of nitrogens with zero attached hydrogens (tertiary/aromatic N) is 6. The molecule has 0 bridgehead atoms. The molecule has 1 amide bonds. The number of H-pyrrole nitrogens is 1. The summed E-state index contributed by atoms with van der Waals surface area (Å²) in [6.45, 7) is 9.84. The molecule has 9 nitrogen and oxygen atoms in total. The number of piperazine rings is 1. The number of carbonyl (C=O) groups excluding carboxylic acids is 1. The van der Waals surface area contributed by atoms with Crippen LogP contribution in [-0.4, -0.2) is 92.4 Å². The molecule has 1 saturated heterocycles.